The molecule has 1 aromatic heterocycles. The summed E-state index contributed by atoms with van der Waals surface area (Å²) in [4.78, 5) is 15.7. The molecule has 2 rings (SSSR count). The van der Waals surface area contributed by atoms with Crippen LogP contribution in [0.25, 0.3) is 10.6 Å². The fraction of sp³-hybridized carbons (Fsp3) is 0.231. The Bertz CT molecular complexity index is 624. The number of rotatable bonds is 4. The molecule has 0 spiro atoms. The quantitative estimate of drug-likeness (QED) is 0.936. The van der Waals surface area contributed by atoms with Gasteiger partial charge in [0.2, 0.25) is 0 Å². The Morgan fingerprint density at radius 1 is 1.53 bits per heavy atom. The Morgan fingerprint density at radius 3 is 2.84 bits per heavy atom. The Morgan fingerprint density at radius 2 is 2.26 bits per heavy atom. The molecule has 0 unspecified atom stereocenters. The van der Waals surface area contributed by atoms with Crippen molar-refractivity contribution >= 4 is 28.9 Å². The molecule has 0 amide bonds. The summed E-state index contributed by atoms with van der Waals surface area (Å²) in [6, 6.07) is 5.55. The monoisotopic (exact) mass is 297 g/mol. The van der Waals surface area contributed by atoms with E-state index in [2.05, 4.69) is 4.98 Å². The molecule has 0 fully saturated rings. The lowest BCUT2D eigenvalue weighted by atomic mass is 10.1. The maximum Gasteiger partial charge on any atom is 0.347 e. The van der Waals surface area contributed by atoms with Gasteiger partial charge in [0.1, 0.15) is 9.88 Å². The minimum Gasteiger partial charge on any atom is -0.477 e. The number of carboxylic acid groups (broad SMARTS) is 1. The molecule has 0 radical (unpaired) electrons. The predicted octanol–water partition coefficient (Wildman–Crippen LogP) is 3.62. The number of ether oxygens (including phenoxy) is 1. The molecule has 19 heavy (non-hydrogen) atoms. The summed E-state index contributed by atoms with van der Waals surface area (Å²) in [6.45, 7) is 2.09. The van der Waals surface area contributed by atoms with Gasteiger partial charge in [-0.2, -0.15) is 0 Å². The van der Waals surface area contributed by atoms with Crippen molar-refractivity contribution in [1.82, 2.24) is 4.98 Å². The molecule has 4 nitrogen and oxygen atoms in total. The van der Waals surface area contributed by atoms with E-state index in [0.29, 0.717) is 15.7 Å². The van der Waals surface area contributed by atoms with Crippen molar-refractivity contribution in [2.75, 3.05) is 7.11 Å². The molecule has 6 heteroatoms. The SMILES string of the molecule is COCc1nc(-c2ccc(C)c(Cl)c2)sc1C(=O)O. The lowest BCUT2D eigenvalue weighted by Crippen LogP contribution is -1.99. The topological polar surface area (TPSA) is 59.4 Å². The number of halogens is 1. The van der Waals surface area contributed by atoms with Gasteiger partial charge in [-0.3, -0.25) is 0 Å². The molecular formula is C13H12ClNO3S. The van der Waals surface area contributed by atoms with Crippen molar-refractivity contribution in [3.63, 3.8) is 0 Å². The standard InChI is InChI=1S/C13H12ClNO3S/c1-7-3-4-8(5-9(7)14)12-15-10(6-18-2)11(19-12)13(16)17/h3-5H,6H2,1-2H3,(H,16,17). The Hall–Kier alpha value is -1.43. The van der Waals surface area contributed by atoms with Gasteiger partial charge in [0.25, 0.3) is 0 Å². The molecule has 1 heterocycles. The lowest BCUT2D eigenvalue weighted by molar-refractivity contribution is 0.0697. The van der Waals surface area contributed by atoms with E-state index in [9.17, 15) is 4.79 Å². The highest BCUT2D eigenvalue weighted by atomic mass is 35.5. The molecule has 0 saturated carbocycles. The zero-order valence-electron chi connectivity index (χ0n) is 10.4. The van der Waals surface area contributed by atoms with Gasteiger partial charge >= 0.3 is 5.97 Å². The number of hydrogen-bond donors (Lipinski definition) is 1. The number of methoxy groups -OCH3 is 1. The molecule has 0 aliphatic heterocycles. The van der Waals surface area contributed by atoms with E-state index in [1.54, 1.807) is 6.07 Å². The van der Waals surface area contributed by atoms with Crippen LogP contribution in [0.15, 0.2) is 18.2 Å². The van der Waals surface area contributed by atoms with Crippen molar-refractivity contribution < 1.29 is 14.6 Å². The fourth-order valence-electron chi connectivity index (χ4n) is 1.60. The van der Waals surface area contributed by atoms with Crippen LogP contribution < -0.4 is 0 Å². The highest BCUT2D eigenvalue weighted by Gasteiger charge is 2.18. The highest BCUT2D eigenvalue weighted by Crippen LogP contribution is 2.31. The summed E-state index contributed by atoms with van der Waals surface area (Å²) in [5.41, 5.74) is 2.22. The third kappa shape index (κ3) is 2.94. The van der Waals surface area contributed by atoms with Crippen LogP contribution in [0.1, 0.15) is 20.9 Å². The van der Waals surface area contributed by atoms with E-state index in [1.807, 2.05) is 19.1 Å². The summed E-state index contributed by atoms with van der Waals surface area (Å²) < 4.78 is 4.97. The third-order valence-corrected chi connectivity index (χ3v) is 4.13. The van der Waals surface area contributed by atoms with Crippen LogP contribution in [0, 0.1) is 6.92 Å². The number of benzene rings is 1. The lowest BCUT2D eigenvalue weighted by Gasteiger charge is -2.00. The molecule has 0 aliphatic rings. The van der Waals surface area contributed by atoms with Crippen molar-refractivity contribution in [2.24, 2.45) is 0 Å². The molecule has 1 aromatic carbocycles. The van der Waals surface area contributed by atoms with Gasteiger partial charge < -0.3 is 9.84 Å². The summed E-state index contributed by atoms with van der Waals surface area (Å²) >= 11 is 7.20. The molecule has 2 aromatic rings. The molecule has 1 N–H and O–H groups in total. The minimum atomic E-state index is -0.992. The van der Waals surface area contributed by atoms with Crippen LogP contribution in [0.5, 0.6) is 0 Å². The van der Waals surface area contributed by atoms with Gasteiger partial charge in [-0.25, -0.2) is 9.78 Å². The van der Waals surface area contributed by atoms with Crippen LogP contribution in [0.3, 0.4) is 0 Å². The molecule has 0 atom stereocenters. The molecule has 0 saturated heterocycles. The summed E-state index contributed by atoms with van der Waals surface area (Å²) in [7, 11) is 1.51. The second kappa shape index (κ2) is 5.69. The largest absolute Gasteiger partial charge is 0.477 e. The van der Waals surface area contributed by atoms with Crippen molar-refractivity contribution in [3.05, 3.63) is 39.4 Å². The van der Waals surface area contributed by atoms with Crippen LogP contribution >= 0.6 is 22.9 Å². The van der Waals surface area contributed by atoms with Crippen molar-refractivity contribution in [3.8, 4) is 10.6 Å². The minimum absolute atomic E-state index is 0.178. The average molecular weight is 298 g/mol. The van der Waals surface area contributed by atoms with Crippen LogP contribution in [0.4, 0.5) is 0 Å². The van der Waals surface area contributed by atoms with E-state index in [4.69, 9.17) is 21.4 Å². The second-order valence-corrected chi connectivity index (χ2v) is 5.40. The van der Waals surface area contributed by atoms with Gasteiger partial charge in [0.15, 0.2) is 0 Å². The maximum atomic E-state index is 11.2. The van der Waals surface area contributed by atoms with E-state index < -0.39 is 5.97 Å². The zero-order valence-corrected chi connectivity index (χ0v) is 12.0. The number of nitrogens with zero attached hydrogens (tertiary/aromatic N) is 1. The smallest absolute Gasteiger partial charge is 0.347 e. The first-order chi connectivity index (χ1) is 9.02. The van der Waals surface area contributed by atoms with Crippen LogP contribution in [-0.4, -0.2) is 23.2 Å². The van der Waals surface area contributed by atoms with Crippen molar-refractivity contribution in [1.29, 1.82) is 0 Å². The number of thiazole rings is 1. The second-order valence-electron chi connectivity index (χ2n) is 4.00. The van der Waals surface area contributed by atoms with E-state index in [-0.39, 0.29) is 11.5 Å². The number of aryl methyl sites for hydroxylation is 1. The molecule has 0 bridgehead atoms. The van der Waals surface area contributed by atoms with Gasteiger partial charge in [-0.15, -0.1) is 11.3 Å². The first kappa shape index (κ1) is 14.0. The van der Waals surface area contributed by atoms with Crippen LogP contribution in [-0.2, 0) is 11.3 Å². The summed E-state index contributed by atoms with van der Waals surface area (Å²) in [5, 5.41) is 10.4. The predicted molar refractivity (Wildman–Crippen MR) is 75.0 cm³/mol. The van der Waals surface area contributed by atoms with Crippen molar-refractivity contribution in [2.45, 2.75) is 13.5 Å². The van der Waals surface area contributed by atoms with Gasteiger partial charge in [-0.1, -0.05) is 23.7 Å². The number of carbonyl (C=O) groups is 1. The molecule has 0 aliphatic carbocycles. The van der Waals surface area contributed by atoms with Crippen LogP contribution in [0.2, 0.25) is 5.02 Å². The molecular weight excluding hydrogens is 286 g/mol. The number of carboxylic acids is 1. The Balaban J connectivity index is 2.47. The van der Waals surface area contributed by atoms with E-state index in [1.165, 1.54) is 7.11 Å². The zero-order chi connectivity index (χ0) is 14.0. The van der Waals surface area contributed by atoms with E-state index in [0.717, 1.165) is 22.5 Å². The Labute approximate surface area is 119 Å². The first-order valence-corrected chi connectivity index (χ1v) is 6.71. The highest BCUT2D eigenvalue weighted by molar-refractivity contribution is 7.17. The fourth-order valence-corrected chi connectivity index (χ4v) is 2.69. The summed E-state index contributed by atoms with van der Waals surface area (Å²) in [5.74, 6) is -0.992. The third-order valence-electron chi connectivity index (χ3n) is 2.59. The average Bonchev–Trinajstić information content (AvgIpc) is 2.77. The number of aromatic carboxylic acids is 1. The van der Waals surface area contributed by atoms with Gasteiger partial charge in [0.05, 0.1) is 12.3 Å². The normalized spacial score (nSPS) is 10.7. The Kier molecular flexibility index (Phi) is 4.19. The molecule has 100 valence electrons. The van der Waals surface area contributed by atoms with Gasteiger partial charge in [0, 0.05) is 17.7 Å². The number of aromatic nitrogens is 1. The van der Waals surface area contributed by atoms with Gasteiger partial charge in [-0.05, 0) is 18.6 Å². The maximum absolute atomic E-state index is 11.2. The first-order valence-electron chi connectivity index (χ1n) is 5.51. The van der Waals surface area contributed by atoms with E-state index >= 15 is 0 Å². The number of hydrogen-bond acceptors (Lipinski definition) is 4. The summed E-state index contributed by atoms with van der Waals surface area (Å²) in [6.07, 6.45) is 0.